The van der Waals surface area contributed by atoms with Crippen molar-refractivity contribution in [3.63, 3.8) is 0 Å². The summed E-state index contributed by atoms with van der Waals surface area (Å²) in [6.07, 6.45) is 0.451. The Morgan fingerprint density at radius 2 is 1.83 bits per heavy atom. The quantitative estimate of drug-likeness (QED) is 0.477. The molecule has 0 unspecified atom stereocenters. The van der Waals surface area contributed by atoms with Gasteiger partial charge in [0.25, 0.3) is 0 Å². The predicted molar refractivity (Wildman–Crippen MR) is 45.4 cm³/mol. The highest BCUT2D eigenvalue weighted by molar-refractivity contribution is 5.83. The standard InChI is InChI=1S/C7H15N3O2/c1-9-6(11)2-3-7(12)10-5-4-8/h2-5,8H2,1H3,(H,9,11)(H,10,12). The van der Waals surface area contributed by atoms with E-state index in [9.17, 15) is 9.59 Å². The third-order valence-corrected chi connectivity index (χ3v) is 1.32. The van der Waals surface area contributed by atoms with Gasteiger partial charge in [0.2, 0.25) is 11.8 Å². The van der Waals surface area contributed by atoms with E-state index in [1.165, 1.54) is 0 Å². The van der Waals surface area contributed by atoms with E-state index in [0.717, 1.165) is 0 Å². The van der Waals surface area contributed by atoms with Gasteiger partial charge in [-0.25, -0.2) is 0 Å². The number of rotatable bonds is 5. The minimum atomic E-state index is -0.135. The molecule has 0 spiro atoms. The molecule has 0 aromatic rings. The lowest BCUT2D eigenvalue weighted by molar-refractivity contribution is -0.126. The Kier molecular flexibility index (Phi) is 6.00. The number of carbonyl (C=O) groups is 2. The molecule has 0 atom stereocenters. The summed E-state index contributed by atoms with van der Waals surface area (Å²) in [5.41, 5.74) is 5.16. The van der Waals surface area contributed by atoms with Crippen LogP contribution in [0, 0.1) is 0 Å². The Hall–Kier alpha value is -1.10. The van der Waals surface area contributed by atoms with Crippen molar-refractivity contribution in [3.8, 4) is 0 Å². The zero-order chi connectivity index (χ0) is 9.40. The molecule has 12 heavy (non-hydrogen) atoms. The summed E-state index contributed by atoms with van der Waals surface area (Å²) in [6, 6.07) is 0. The number of amides is 2. The summed E-state index contributed by atoms with van der Waals surface area (Å²) < 4.78 is 0. The lowest BCUT2D eigenvalue weighted by Gasteiger charge is -2.01. The maximum atomic E-state index is 10.9. The molecule has 0 saturated carbocycles. The number of hydrogen-bond acceptors (Lipinski definition) is 3. The van der Waals surface area contributed by atoms with Crippen molar-refractivity contribution >= 4 is 11.8 Å². The third kappa shape index (κ3) is 5.67. The molecule has 0 rings (SSSR count). The minimum Gasteiger partial charge on any atom is -0.359 e. The van der Waals surface area contributed by atoms with Crippen LogP contribution in [0.3, 0.4) is 0 Å². The molecular formula is C7H15N3O2. The molecule has 0 aliphatic heterocycles. The summed E-state index contributed by atoms with van der Waals surface area (Å²) in [4.78, 5) is 21.5. The molecule has 0 fully saturated rings. The second-order valence-corrected chi connectivity index (χ2v) is 2.31. The van der Waals surface area contributed by atoms with Crippen molar-refractivity contribution in [3.05, 3.63) is 0 Å². The highest BCUT2D eigenvalue weighted by atomic mass is 16.2. The summed E-state index contributed by atoms with van der Waals surface area (Å²) in [5, 5.41) is 5.00. The van der Waals surface area contributed by atoms with Crippen molar-refractivity contribution in [2.75, 3.05) is 20.1 Å². The highest BCUT2D eigenvalue weighted by Gasteiger charge is 2.03. The SMILES string of the molecule is CNC(=O)CCC(=O)NCCN. The lowest BCUT2D eigenvalue weighted by Crippen LogP contribution is -2.30. The molecule has 0 aliphatic rings. The molecule has 0 radical (unpaired) electrons. The summed E-state index contributed by atoms with van der Waals surface area (Å²) in [5.74, 6) is -0.262. The first-order chi connectivity index (χ1) is 5.70. The van der Waals surface area contributed by atoms with Crippen LogP contribution in [0.15, 0.2) is 0 Å². The molecule has 0 aliphatic carbocycles. The van der Waals surface area contributed by atoms with Gasteiger partial charge in [-0.2, -0.15) is 0 Å². The fourth-order valence-electron chi connectivity index (χ4n) is 0.652. The van der Waals surface area contributed by atoms with E-state index in [4.69, 9.17) is 5.73 Å². The number of hydrogen-bond donors (Lipinski definition) is 3. The van der Waals surface area contributed by atoms with Crippen LogP contribution in [0.5, 0.6) is 0 Å². The van der Waals surface area contributed by atoms with Crippen LogP contribution < -0.4 is 16.4 Å². The van der Waals surface area contributed by atoms with E-state index in [2.05, 4.69) is 10.6 Å². The Morgan fingerprint density at radius 1 is 1.25 bits per heavy atom. The van der Waals surface area contributed by atoms with Gasteiger partial charge >= 0.3 is 0 Å². The van der Waals surface area contributed by atoms with Crippen molar-refractivity contribution < 1.29 is 9.59 Å². The normalized spacial score (nSPS) is 9.17. The molecule has 2 amide bonds. The zero-order valence-electron chi connectivity index (χ0n) is 7.22. The fourth-order valence-corrected chi connectivity index (χ4v) is 0.652. The van der Waals surface area contributed by atoms with Gasteiger partial charge in [0.1, 0.15) is 0 Å². The van der Waals surface area contributed by atoms with Gasteiger partial charge < -0.3 is 16.4 Å². The second-order valence-electron chi connectivity index (χ2n) is 2.31. The molecule has 0 heterocycles. The molecule has 4 N–H and O–H groups in total. The predicted octanol–water partition coefficient (Wildman–Crippen LogP) is -1.41. The minimum absolute atomic E-state index is 0.127. The average Bonchev–Trinajstić information content (AvgIpc) is 2.10. The molecule has 0 aromatic carbocycles. The molecule has 0 aromatic heterocycles. The largest absolute Gasteiger partial charge is 0.359 e. The van der Waals surface area contributed by atoms with E-state index < -0.39 is 0 Å². The van der Waals surface area contributed by atoms with Crippen LogP contribution >= 0.6 is 0 Å². The molecule has 5 nitrogen and oxygen atoms in total. The maximum absolute atomic E-state index is 10.9. The molecule has 70 valence electrons. The van der Waals surface area contributed by atoms with Crippen LogP contribution in [0.4, 0.5) is 0 Å². The third-order valence-electron chi connectivity index (χ3n) is 1.32. The average molecular weight is 173 g/mol. The monoisotopic (exact) mass is 173 g/mol. The van der Waals surface area contributed by atoms with E-state index in [1.807, 2.05) is 0 Å². The van der Waals surface area contributed by atoms with Crippen molar-refractivity contribution in [2.45, 2.75) is 12.8 Å². The van der Waals surface area contributed by atoms with Gasteiger partial charge in [-0.3, -0.25) is 9.59 Å². The van der Waals surface area contributed by atoms with Crippen molar-refractivity contribution in [1.82, 2.24) is 10.6 Å². The van der Waals surface area contributed by atoms with Gasteiger partial charge in [0, 0.05) is 33.0 Å². The van der Waals surface area contributed by atoms with Gasteiger partial charge in [0.05, 0.1) is 0 Å². The smallest absolute Gasteiger partial charge is 0.220 e. The summed E-state index contributed by atoms with van der Waals surface area (Å²) in [7, 11) is 1.54. The van der Waals surface area contributed by atoms with Gasteiger partial charge in [0.15, 0.2) is 0 Å². The first kappa shape index (κ1) is 10.9. The number of nitrogens with two attached hydrogens (primary N) is 1. The molecular weight excluding hydrogens is 158 g/mol. The van der Waals surface area contributed by atoms with Gasteiger partial charge in [-0.1, -0.05) is 0 Å². The van der Waals surface area contributed by atoms with Crippen LogP contribution in [0.2, 0.25) is 0 Å². The van der Waals surface area contributed by atoms with Crippen LogP contribution in [0.1, 0.15) is 12.8 Å². The summed E-state index contributed by atoms with van der Waals surface area (Å²) >= 11 is 0. The van der Waals surface area contributed by atoms with E-state index in [0.29, 0.717) is 13.1 Å². The van der Waals surface area contributed by atoms with Crippen molar-refractivity contribution in [1.29, 1.82) is 0 Å². The Labute approximate surface area is 71.7 Å². The first-order valence-corrected chi connectivity index (χ1v) is 3.88. The topological polar surface area (TPSA) is 84.2 Å². The number of carbonyl (C=O) groups excluding carboxylic acids is 2. The fraction of sp³-hybridized carbons (Fsp3) is 0.714. The lowest BCUT2D eigenvalue weighted by atomic mass is 10.3. The first-order valence-electron chi connectivity index (χ1n) is 3.88. The van der Waals surface area contributed by atoms with E-state index in [-0.39, 0.29) is 24.7 Å². The zero-order valence-corrected chi connectivity index (χ0v) is 7.22. The number of nitrogens with one attached hydrogen (secondary N) is 2. The molecule has 5 heteroatoms. The maximum Gasteiger partial charge on any atom is 0.220 e. The second kappa shape index (κ2) is 6.60. The van der Waals surface area contributed by atoms with Crippen LogP contribution in [0.25, 0.3) is 0 Å². The molecule has 0 saturated heterocycles. The van der Waals surface area contributed by atoms with E-state index >= 15 is 0 Å². The van der Waals surface area contributed by atoms with Gasteiger partial charge in [-0.05, 0) is 0 Å². The summed E-state index contributed by atoms with van der Waals surface area (Å²) in [6.45, 7) is 0.887. The Morgan fingerprint density at radius 3 is 2.33 bits per heavy atom. The van der Waals surface area contributed by atoms with Crippen molar-refractivity contribution in [2.24, 2.45) is 5.73 Å². The van der Waals surface area contributed by atoms with Gasteiger partial charge in [-0.15, -0.1) is 0 Å². The Balaban J connectivity index is 3.37. The Bertz CT molecular complexity index is 159. The van der Waals surface area contributed by atoms with Crippen LogP contribution in [-0.4, -0.2) is 32.0 Å². The van der Waals surface area contributed by atoms with Crippen LogP contribution in [-0.2, 0) is 9.59 Å². The molecule has 0 bridgehead atoms. The highest BCUT2D eigenvalue weighted by Crippen LogP contribution is 1.87. The van der Waals surface area contributed by atoms with E-state index in [1.54, 1.807) is 7.05 Å².